The highest BCUT2D eigenvalue weighted by atomic mass is 16.2. The van der Waals surface area contributed by atoms with Gasteiger partial charge in [0.25, 0.3) is 0 Å². The van der Waals surface area contributed by atoms with Gasteiger partial charge >= 0.3 is 0 Å². The van der Waals surface area contributed by atoms with Gasteiger partial charge in [0.05, 0.1) is 0 Å². The molecule has 0 aliphatic heterocycles. The van der Waals surface area contributed by atoms with Gasteiger partial charge in [0, 0.05) is 31.2 Å². The van der Waals surface area contributed by atoms with E-state index in [1.165, 1.54) is 5.56 Å². The molecule has 0 heterocycles. The predicted molar refractivity (Wildman–Crippen MR) is 77.0 cm³/mol. The van der Waals surface area contributed by atoms with Gasteiger partial charge in [0.1, 0.15) is 0 Å². The molecule has 0 saturated carbocycles. The molecule has 1 rings (SSSR count). The molecule has 0 atom stereocenters. The number of rotatable bonds is 6. The van der Waals surface area contributed by atoms with Crippen LogP contribution in [0, 0.1) is 6.92 Å². The fraction of sp³-hybridized carbons (Fsp3) is 0.533. The maximum absolute atomic E-state index is 12.1. The third kappa shape index (κ3) is 4.49. The largest absolute Gasteiger partial charge is 0.314 e. The Morgan fingerprint density at radius 3 is 2.39 bits per heavy atom. The van der Waals surface area contributed by atoms with Crippen LogP contribution in [0.5, 0.6) is 0 Å². The lowest BCUT2D eigenvalue weighted by molar-refractivity contribution is -0.118. The van der Waals surface area contributed by atoms with E-state index < -0.39 is 0 Å². The number of carbonyl (C=O) groups excluding carboxylic acids is 1. The van der Waals surface area contributed by atoms with Crippen molar-refractivity contribution in [2.75, 3.05) is 18.0 Å². The van der Waals surface area contributed by atoms with Crippen molar-refractivity contribution >= 4 is 11.6 Å². The maximum atomic E-state index is 12.1. The van der Waals surface area contributed by atoms with E-state index in [0.717, 1.165) is 12.2 Å². The van der Waals surface area contributed by atoms with Crippen LogP contribution < -0.4 is 10.2 Å². The van der Waals surface area contributed by atoms with Crippen LogP contribution >= 0.6 is 0 Å². The Morgan fingerprint density at radius 1 is 1.28 bits per heavy atom. The first-order valence-electron chi connectivity index (χ1n) is 6.65. The Bertz CT molecular complexity index is 371. The van der Waals surface area contributed by atoms with Crippen LogP contribution in [-0.4, -0.2) is 25.0 Å². The van der Waals surface area contributed by atoms with Crippen molar-refractivity contribution < 1.29 is 4.79 Å². The molecule has 3 nitrogen and oxygen atoms in total. The molecular weight excluding hydrogens is 224 g/mol. The molecule has 0 aliphatic carbocycles. The number of amides is 1. The van der Waals surface area contributed by atoms with Gasteiger partial charge in [0.2, 0.25) is 5.91 Å². The van der Waals surface area contributed by atoms with Crippen molar-refractivity contribution in [1.29, 1.82) is 0 Å². The Hall–Kier alpha value is -1.35. The molecule has 0 saturated heterocycles. The van der Waals surface area contributed by atoms with Crippen molar-refractivity contribution in [3.05, 3.63) is 29.8 Å². The molecule has 0 fully saturated rings. The van der Waals surface area contributed by atoms with Gasteiger partial charge in [0.15, 0.2) is 0 Å². The molecule has 0 aromatic heterocycles. The smallest absolute Gasteiger partial charge is 0.228 e. The third-order valence-electron chi connectivity index (χ3n) is 2.85. The van der Waals surface area contributed by atoms with Crippen molar-refractivity contribution in [3.63, 3.8) is 0 Å². The zero-order valence-electron chi connectivity index (χ0n) is 11.9. The summed E-state index contributed by atoms with van der Waals surface area (Å²) in [6.07, 6.45) is 0.542. The number of carbonyl (C=O) groups is 1. The predicted octanol–water partition coefficient (Wildman–Crippen LogP) is 2.74. The number of nitrogens with one attached hydrogen (secondary N) is 1. The zero-order chi connectivity index (χ0) is 13.5. The molecule has 0 bridgehead atoms. The van der Waals surface area contributed by atoms with Crippen LogP contribution in [0.3, 0.4) is 0 Å². The lowest BCUT2D eigenvalue weighted by atomic mass is 10.2. The van der Waals surface area contributed by atoms with Crippen molar-refractivity contribution in [1.82, 2.24) is 5.32 Å². The summed E-state index contributed by atoms with van der Waals surface area (Å²) in [6.45, 7) is 9.68. The number of anilines is 1. The molecule has 3 heteroatoms. The molecule has 18 heavy (non-hydrogen) atoms. The van der Waals surface area contributed by atoms with Crippen molar-refractivity contribution in [2.45, 2.75) is 40.2 Å². The van der Waals surface area contributed by atoms with Crippen LogP contribution in [-0.2, 0) is 4.79 Å². The summed E-state index contributed by atoms with van der Waals surface area (Å²) < 4.78 is 0. The molecule has 0 radical (unpaired) electrons. The van der Waals surface area contributed by atoms with E-state index in [-0.39, 0.29) is 5.91 Å². The molecular formula is C15H24N2O. The summed E-state index contributed by atoms with van der Waals surface area (Å²) in [5.74, 6) is 0.175. The Labute approximate surface area is 110 Å². The first kappa shape index (κ1) is 14.7. The number of benzene rings is 1. The number of aryl methyl sites for hydroxylation is 1. The molecule has 0 aliphatic rings. The van der Waals surface area contributed by atoms with Crippen LogP contribution in [0.25, 0.3) is 0 Å². The van der Waals surface area contributed by atoms with Crippen LogP contribution in [0.4, 0.5) is 5.69 Å². The topological polar surface area (TPSA) is 32.3 Å². The maximum Gasteiger partial charge on any atom is 0.228 e. The fourth-order valence-electron chi connectivity index (χ4n) is 1.83. The van der Waals surface area contributed by atoms with Crippen LogP contribution in [0.1, 0.15) is 32.8 Å². The summed E-state index contributed by atoms with van der Waals surface area (Å²) in [7, 11) is 0. The van der Waals surface area contributed by atoms with Gasteiger partial charge in [-0.1, -0.05) is 31.5 Å². The van der Waals surface area contributed by atoms with E-state index in [1.54, 1.807) is 0 Å². The third-order valence-corrected chi connectivity index (χ3v) is 2.85. The van der Waals surface area contributed by atoms with Gasteiger partial charge < -0.3 is 10.2 Å². The van der Waals surface area contributed by atoms with Crippen molar-refractivity contribution in [2.24, 2.45) is 0 Å². The van der Waals surface area contributed by atoms with E-state index >= 15 is 0 Å². The van der Waals surface area contributed by atoms with Crippen molar-refractivity contribution in [3.8, 4) is 0 Å². The molecule has 0 spiro atoms. The second-order valence-electron chi connectivity index (χ2n) is 4.83. The first-order valence-corrected chi connectivity index (χ1v) is 6.65. The standard InChI is InChI=1S/C15H24N2O/c1-5-17(14-8-6-13(4)7-9-14)15(18)10-11-16-12(2)3/h6-9,12,16H,5,10-11H2,1-4H3. The van der Waals surface area contributed by atoms with E-state index in [0.29, 0.717) is 19.0 Å². The average Bonchev–Trinajstić information content (AvgIpc) is 2.32. The minimum Gasteiger partial charge on any atom is -0.314 e. The molecule has 1 aromatic rings. The van der Waals surface area contributed by atoms with Crippen LogP contribution in [0.2, 0.25) is 0 Å². The van der Waals surface area contributed by atoms with Crippen LogP contribution in [0.15, 0.2) is 24.3 Å². The minimum absolute atomic E-state index is 0.175. The van der Waals surface area contributed by atoms with E-state index in [9.17, 15) is 4.79 Å². The zero-order valence-corrected chi connectivity index (χ0v) is 11.9. The van der Waals surface area contributed by atoms with E-state index in [2.05, 4.69) is 26.1 Å². The number of hydrogen-bond donors (Lipinski definition) is 1. The van der Waals surface area contributed by atoms with Gasteiger partial charge in [-0.05, 0) is 26.0 Å². The van der Waals surface area contributed by atoms with E-state index in [1.807, 2.05) is 36.1 Å². The van der Waals surface area contributed by atoms with Gasteiger partial charge in [-0.15, -0.1) is 0 Å². The Balaban J connectivity index is 2.60. The van der Waals surface area contributed by atoms with Gasteiger partial charge in [-0.3, -0.25) is 4.79 Å². The summed E-state index contributed by atoms with van der Waals surface area (Å²) >= 11 is 0. The quantitative estimate of drug-likeness (QED) is 0.839. The molecule has 1 aromatic carbocycles. The summed E-state index contributed by atoms with van der Waals surface area (Å²) in [5.41, 5.74) is 2.20. The van der Waals surface area contributed by atoms with E-state index in [4.69, 9.17) is 0 Å². The summed E-state index contributed by atoms with van der Waals surface area (Å²) in [4.78, 5) is 14.0. The minimum atomic E-state index is 0.175. The lowest BCUT2D eigenvalue weighted by Crippen LogP contribution is -2.34. The second-order valence-corrected chi connectivity index (χ2v) is 4.83. The van der Waals surface area contributed by atoms with Gasteiger partial charge in [-0.25, -0.2) is 0 Å². The lowest BCUT2D eigenvalue weighted by Gasteiger charge is -2.21. The average molecular weight is 248 g/mol. The highest BCUT2D eigenvalue weighted by Crippen LogP contribution is 2.15. The highest BCUT2D eigenvalue weighted by molar-refractivity contribution is 5.93. The second kappa shape index (κ2) is 7.17. The molecule has 100 valence electrons. The number of hydrogen-bond acceptors (Lipinski definition) is 2. The molecule has 1 amide bonds. The molecule has 1 N–H and O–H groups in total. The Morgan fingerprint density at radius 2 is 1.89 bits per heavy atom. The number of nitrogens with zero attached hydrogens (tertiary/aromatic N) is 1. The Kier molecular flexibility index (Phi) is 5.86. The monoisotopic (exact) mass is 248 g/mol. The highest BCUT2D eigenvalue weighted by Gasteiger charge is 2.13. The first-order chi connectivity index (χ1) is 8.54. The molecule has 0 unspecified atom stereocenters. The summed E-state index contributed by atoms with van der Waals surface area (Å²) in [6, 6.07) is 8.52. The normalized spacial score (nSPS) is 10.7. The SMILES string of the molecule is CCN(C(=O)CCNC(C)C)c1ccc(C)cc1. The van der Waals surface area contributed by atoms with Gasteiger partial charge in [-0.2, -0.15) is 0 Å². The fourth-order valence-corrected chi connectivity index (χ4v) is 1.83. The summed E-state index contributed by atoms with van der Waals surface area (Å²) in [5, 5.41) is 3.27.